The van der Waals surface area contributed by atoms with Gasteiger partial charge in [0.15, 0.2) is 0 Å². The fourth-order valence-electron chi connectivity index (χ4n) is 4.42. The molecule has 31 heavy (non-hydrogen) atoms. The van der Waals surface area contributed by atoms with Crippen molar-refractivity contribution in [1.82, 2.24) is 0 Å². The van der Waals surface area contributed by atoms with Gasteiger partial charge in [0, 0.05) is 22.4 Å². The zero-order valence-corrected chi connectivity index (χ0v) is 17.1. The Balaban J connectivity index is 1.62. The fraction of sp³-hybridized carbons (Fsp3) is 0.0345. The normalized spacial score (nSPS) is 11.4. The zero-order valence-electron chi connectivity index (χ0n) is 17.1. The molecule has 0 bridgehead atoms. The number of hydrogen-bond donors (Lipinski definition) is 0. The molecular weight excluding hydrogens is 380 g/mol. The molecule has 0 aliphatic rings. The Bertz CT molecular complexity index is 1540. The van der Waals surface area contributed by atoms with Gasteiger partial charge in [-0.25, -0.2) is 0 Å². The summed E-state index contributed by atoms with van der Waals surface area (Å²) in [5.74, 6) is 0.796. The monoisotopic (exact) mass is 400 g/mol. The second-order valence-electron chi connectivity index (χ2n) is 7.76. The quantitative estimate of drug-likeness (QED) is 0.299. The van der Waals surface area contributed by atoms with Crippen molar-refractivity contribution in [1.29, 1.82) is 0 Å². The van der Waals surface area contributed by atoms with Gasteiger partial charge in [-0.3, -0.25) is 0 Å². The molecule has 0 saturated heterocycles. The highest BCUT2D eigenvalue weighted by Gasteiger charge is 2.16. The highest BCUT2D eigenvalue weighted by Crippen LogP contribution is 2.41. The van der Waals surface area contributed by atoms with Crippen molar-refractivity contribution in [2.45, 2.75) is 0 Å². The number of fused-ring (bicyclic) bond motifs is 5. The van der Waals surface area contributed by atoms with E-state index >= 15 is 0 Å². The molecular formula is C29H20O2. The Morgan fingerprint density at radius 3 is 2.13 bits per heavy atom. The van der Waals surface area contributed by atoms with Crippen LogP contribution in [0.15, 0.2) is 108 Å². The molecule has 0 amide bonds. The summed E-state index contributed by atoms with van der Waals surface area (Å²) in [4.78, 5) is 0. The van der Waals surface area contributed by atoms with Crippen LogP contribution in [-0.4, -0.2) is 7.11 Å². The van der Waals surface area contributed by atoms with E-state index in [9.17, 15) is 0 Å². The SMILES string of the molecule is COc1ccc2c(c1)oc1c(-c3ccc(-c4ccccc4)cc3)cc3ccccc3c12. The van der Waals surface area contributed by atoms with Gasteiger partial charge in [0.2, 0.25) is 0 Å². The lowest BCUT2D eigenvalue weighted by Crippen LogP contribution is -1.83. The second kappa shape index (κ2) is 7.03. The summed E-state index contributed by atoms with van der Waals surface area (Å²) in [5.41, 5.74) is 6.41. The third-order valence-corrected chi connectivity index (χ3v) is 5.97. The molecule has 5 aromatic carbocycles. The molecule has 0 radical (unpaired) electrons. The van der Waals surface area contributed by atoms with Crippen LogP contribution >= 0.6 is 0 Å². The smallest absolute Gasteiger partial charge is 0.143 e. The molecule has 0 N–H and O–H groups in total. The molecule has 6 aromatic rings. The summed E-state index contributed by atoms with van der Waals surface area (Å²) in [6.07, 6.45) is 0. The van der Waals surface area contributed by atoms with E-state index in [4.69, 9.17) is 9.15 Å². The first kappa shape index (κ1) is 17.8. The molecule has 2 heteroatoms. The van der Waals surface area contributed by atoms with Gasteiger partial charge in [-0.05, 0) is 45.7 Å². The van der Waals surface area contributed by atoms with Crippen LogP contribution in [0.5, 0.6) is 5.75 Å². The number of benzene rings is 5. The van der Waals surface area contributed by atoms with Crippen LogP contribution in [0.3, 0.4) is 0 Å². The molecule has 0 aliphatic heterocycles. The van der Waals surface area contributed by atoms with E-state index in [1.54, 1.807) is 7.11 Å². The maximum atomic E-state index is 6.42. The standard InChI is InChI=1S/C29H20O2/c1-30-23-15-16-25-27(18-23)31-29-26(17-22-9-5-6-10-24(22)28(25)29)21-13-11-20(12-14-21)19-7-3-2-4-8-19/h2-18H,1H3. The number of methoxy groups -OCH3 is 1. The van der Waals surface area contributed by atoms with Gasteiger partial charge in [-0.15, -0.1) is 0 Å². The van der Waals surface area contributed by atoms with Gasteiger partial charge < -0.3 is 9.15 Å². The molecule has 0 unspecified atom stereocenters. The first-order chi connectivity index (χ1) is 15.3. The van der Waals surface area contributed by atoms with Gasteiger partial charge in [0.05, 0.1) is 7.11 Å². The maximum Gasteiger partial charge on any atom is 0.143 e. The Morgan fingerprint density at radius 1 is 0.613 bits per heavy atom. The molecule has 1 heterocycles. The summed E-state index contributed by atoms with van der Waals surface area (Å²) >= 11 is 0. The zero-order chi connectivity index (χ0) is 20.8. The van der Waals surface area contributed by atoms with E-state index < -0.39 is 0 Å². The van der Waals surface area contributed by atoms with Crippen LogP contribution in [0.2, 0.25) is 0 Å². The number of ether oxygens (including phenoxy) is 1. The van der Waals surface area contributed by atoms with E-state index in [1.807, 2.05) is 18.2 Å². The molecule has 1 aromatic heterocycles. The minimum absolute atomic E-state index is 0.796. The lowest BCUT2D eigenvalue weighted by molar-refractivity contribution is 0.414. The second-order valence-corrected chi connectivity index (χ2v) is 7.76. The van der Waals surface area contributed by atoms with E-state index in [2.05, 4.69) is 84.9 Å². The minimum Gasteiger partial charge on any atom is -0.497 e. The Labute approximate surface area is 180 Å². The van der Waals surface area contributed by atoms with Gasteiger partial charge in [0.1, 0.15) is 16.9 Å². The first-order valence-corrected chi connectivity index (χ1v) is 10.4. The van der Waals surface area contributed by atoms with Crippen LogP contribution < -0.4 is 4.74 Å². The first-order valence-electron chi connectivity index (χ1n) is 10.4. The molecule has 148 valence electrons. The molecule has 0 fully saturated rings. The van der Waals surface area contributed by atoms with Gasteiger partial charge in [-0.2, -0.15) is 0 Å². The van der Waals surface area contributed by atoms with Crippen molar-refractivity contribution in [3.8, 4) is 28.0 Å². The largest absolute Gasteiger partial charge is 0.497 e. The van der Waals surface area contributed by atoms with Crippen LogP contribution in [0, 0.1) is 0 Å². The van der Waals surface area contributed by atoms with Crippen molar-refractivity contribution in [2.24, 2.45) is 0 Å². The van der Waals surface area contributed by atoms with Crippen molar-refractivity contribution in [3.63, 3.8) is 0 Å². The van der Waals surface area contributed by atoms with Crippen molar-refractivity contribution in [3.05, 3.63) is 103 Å². The summed E-state index contributed by atoms with van der Waals surface area (Å²) < 4.78 is 11.8. The number of furan rings is 1. The van der Waals surface area contributed by atoms with E-state index in [0.29, 0.717) is 0 Å². The van der Waals surface area contributed by atoms with Crippen LogP contribution in [0.1, 0.15) is 0 Å². The number of hydrogen-bond acceptors (Lipinski definition) is 2. The van der Waals surface area contributed by atoms with E-state index in [-0.39, 0.29) is 0 Å². The molecule has 0 saturated carbocycles. The summed E-state index contributed by atoms with van der Waals surface area (Å²) in [6.45, 7) is 0. The van der Waals surface area contributed by atoms with Crippen LogP contribution in [0.4, 0.5) is 0 Å². The third-order valence-electron chi connectivity index (χ3n) is 5.97. The fourth-order valence-corrected chi connectivity index (χ4v) is 4.42. The lowest BCUT2D eigenvalue weighted by Gasteiger charge is -2.08. The van der Waals surface area contributed by atoms with Gasteiger partial charge in [-0.1, -0.05) is 78.9 Å². The van der Waals surface area contributed by atoms with E-state index in [0.717, 1.165) is 38.8 Å². The highest BCUT2D eigenvalue weighted by molar-refractivity contribution is 6.22. The summed E-state index contributed by atoms with van der Waals surface area (Å²) in [7, 11) is 1.68. The van der Waals surface area contributed by atoms with Gasteiger partial charge in [0.25, 0.3) is 0 Å². The lowest BCUT2D eigenvalue weighted by atomic mass is 9.95. The topological polar surface area (TPSA) is 22.4 Å². The average molecular weight is 400 g/mol. The summed E-state index contributed by atoms with van der Waals surface area (Å²) in [6, 6.07) is 35.9. The number of rotatable bonds is 3. The molecule has 0 spiro atoms. The Hall–Kier alpha value is -4.04. The minimum atomic E-state index is 0.796. The van der Waals surface area contributed by atoms with Crippen molar-refractivity contribution >= 4 is 32.7 Å². The van der Waals surface area contributed by atoms with E-state index in [1.165, 1.54) is 21.9 Å². The Kier molecular flexibility index (Phi) is 4.03. The molecule has 6 rings (SSSR count). The maximum absolute atomic E-state index is 6.42. The molecule has 0 atom stereocenters. The summed E-state index contributed by atoms with van der Waals surface area (Å²) in [5, 5.41) is 4.66. The molecule has 0 aliphatic carbocycles. The van der Waals surface area contributed by atoms with Gasteiger partial charge >= 0.3 is 0 Å². The van der Waals surface area contributed by atoms with Crippen molar-refractivity contribution < 1.29 is 9.15 Å². The molecule has 2 nitrogen and oxygen atoms in total. The average Bonchev–Trinajstić information content (AvgIpc) is 3.23. The predicted octanol–water partition coefficient (Wildman–Crippen LogP) is 8.08. The van der Waals surface area contributed by atoms with Crippen LogP contribution in [-0.2, 0) is 0 Å². The third kappa shape index (κ3) is 2.88. The predicted molar refractivity (Wildman–Crippen MR) is 129 cm³/mol. The van der Waals surface area contributed by atoms with Crippen molar-refractivity contribution in [2.75, 3.05) is 7.11 Å². The Morgan fingerprint density at radius 2 is 1.32 bits per heavy atom. The van der Waals surface area contributed by atoms with Crippen LogP contribution in [0.25, 0.3) is 55.0 Å². The highest BCUT2D eigenvalue weighted by atomic mass is 16.5.